The first-order chi connectivity index (χ1) is 12.9. The SMILES string of the molecule is COc1cc(OC)cc([C@@H]2Nc3nonc3NC3=C2C(=O)CC(C)(C)C3)c1. The van der Waals surface area contributed by atoms with E-state index in [1.165, 1.54) is 0 Å². The second kappa shape index (κ2) is 6.29. The predicted octanol–water partition coefficient (Wildman–Crippen LogP) is 3.31. The van der Waals surface area contributed by atoms with Gasteiger partial charge in [0.05, 0.1) is 20.3 Å². The number of allylic oxidation sites excluding steroid dienone is 1. The Kier molecular flexibility index (Phi) is 4.05. The lowest BCUT2D eigenvalue weighted by molar-refractivity contribution is -0.118. The Morgan fingerprint density at radius 2 is 1.74 bits per heavy atom. The summed E-state index contributed by atoms with van der Waals surface area (Å²) >= 11 is 0. The molecule has 0 unspecified atom stereocenters. The molecule has 0 amide bonds. The highest BCUT2D eigenvalue weighted by molar-refractivity contribution is 6.00. The molecular weight excluding hydrogens is 348 g/mol. The maximum Gasteiger partial charge on any atom is 0.219 e. The molecule has 142 valence electrons. The fraction of sp³-hybridized carbons (Fsp3) is 0.421. The molecule has 0 spiro atoms. The lowest BCUT2D eigenvalue weighted by Gasteiger charge is -2.34. The first kappa shape index (κ1) is 17.4. The van der Waals surface area contributed by atoms with Crippen LogP contribution >= 0.6 is 0 Å². The summed E-state index contributed by atoms with van der Waals surface area (Å²) in [6.45, 7) is 4.17. The third kappa shape index (κ3) is 3.11. The van der Waals surface area contributed by atoms with Gasteiger partial charge in [-0.05, 0) is 39.8 Å². The number of ketones is 1. The number of anilines is 2. The van der Waals surface area contributed by atoms with Gasteiger partial charge >= 0.3 is 0 Å². The van der Waals surface area contributed by atoms with Crippen molar-refractivity contribution in [1.82, 2.24) is 10.3 Å². The Hall–Kier alpha value is -3.03. The van der Waals surface area contributed by atoms with E-state index in [9.17, 15) is 4.79 Å². The van der Waals surface area contributed by atoms with Gasteiger partial charge in [-0.3, -0.25) is 4.79 Å². The van der Waals surface area contributed by atoms with Crippen LogP contribution in [0, 0.1) is 5.41 Å². The molecule has 1 aliphatic heterocycles. The average Bonchev–Trinajstić information content (AvgIpc) is 2.99. The fourth-order valence-electron chi connectivity index (χ4n) is 3.74. The minimum Gasteiger partial charge on any atom is -0.497 e. The van der Waals surface area contributed by atoms with E-state index in [0.29, 0.717) is 35.1 Å². The number of hydrogen-bond donors (Lipinski definition) is 2. The van der Waals surface area contributed by atoms with E-state index in [-0.39, 0.29) is 11.2 Å². The number of carbonyl (C=O) groups excluding carboxylic acids is 1. The molecule has 0 saturated heterocycles. The molecule has 1 aromatic heterocycles. The Balaban J connectivity index is 1.88. The molecule has 2 N–H and O–H groups in total. The summed E-state index contributed by atoms with van der Waals surface area (Å²) < 4.78 is 15.7. The van der Waals surface area contributed by atoms with Crippen molar-refractivity contribution in [3.63, 3.8) is 0 Å². The van der Waals surface area contributed by atoms with Crippen molar-refractivity contribution in [2.45, 2.75) is 32.7 Å². The number of benzene rings is 1. The van der Waals surface area contributed by atoms with E-state index in [4.69, 9.17) is 14.1 Å². The summed E-state index contributed by atoms with van der Waals surface area (Å²) in [4.78, 5) is 13.1. The number of hydrogen-bond acceptors (Lipinski definition) is 8. The van der Waals surface area contributed by atoms with Gasteiger partial charge in [-0.25, -0.2) is 4.63 Å². The molecule has 0 radical (unpaired) electrons. The van der Waals surface area contributed by atoms with Gasteiger partial charge < -0.3 is 20.1 Å². The highest BCUT2D eigenvalue weighted by Crippen LogP contribution is 2.45. The number of aromatic nitrogens is 2. The van der Waals surface area contributed by atoms with Crippen LogP contribution in [0.2, 0.25) is 0 Å². The molecule has 8 nitrogen and oxygen atoms in total. The van der Waals surface area contributed by atoms with Gasteiger partial charge in [0.25, 0.3) is 0 Å². The summed E-state index contributed by atoms with van der Waals surface area (Å²) in [6, 6.07) is 5.14. The molecule has 0 saturated carbocycles. The minimum absolute atomic E-state index is 0.0927. The average molecular weight is 370 g/mol. The number of Topliss-reactive ketones (excluding diaryl/α,β-unsaturated/α-hetero) is 1. The van der Waals surface area contributed by atoms with Gasteiger partial charge in [0.2, 0.25) is 11.6 Å². The van der Waals surface area contributed by atoms with E-state index < -0.39 is 6.04 Å². The highest BCUT2D eigenvalue weighted by Gasteiger charge is 2.40. The lowest BCUT2D eigenvalue weighted by Crippen LogP contribution is -2.31. The molecule has 1 atom stereocenters. The quantitative estimate of drug-likeness (QED) is 0.849. The number of rotatable bonds is 3. The zero-order chi connectivity index (χ0) is 19.2. The number of ether oxygens (including phenoxy) is 2. The van der Waals surface area contributed by atoms with E-state index in [1.54, 1.807) is 20.3 Å². The van der Waals surface area contributed by atoms with Crippen LogP contribution in [0.3, 0.4) is 0 Å². The first-order valence-corrected chi connectivity index (χ1v) is 8.75. The number of nitrogens with zero attached hydrogens (tertiary/aromatic N) is 2. The topological polar surface area (TPSA) is 98.5 Å². The summed E-state index contributed by atoms with van der Waals surface area (Å²) in [5.74, 6) is 2.32. The zero-order valence-corrected chi connectivity index (χ0v) is 15.8. The van der Waals surface area contributed by atoms with Gasteiger partial charge in [0.1, 0.15) is 11.5 Å². The molecular formula is C19H22N4O4. The van der Waals surface area contributed by atoms with Gasteiger partial charge in [0, 0.05) is 23.8 Å². The highest BCUT2D eigenvalue weighted by atomic mass is 16.6. The van der Waals surface area contributed by atoms with Crippen LogP contribution in [0.25, 0.3) is 0 Å². The van der Waals surface area contributed by atoms with Gasteiger partial charge in [0.15, 0.2) is 5.78 Å². The monoisotopic (exact) mass is 370 g/mol. The van der Waals surface area contributed by atoms with Crippen molar-refractivity contribution in [3.8, 4) is 11.5 Å². The van der Waals surface area contributed by atoms with Crippen molar-refractivity contribution in [3.05, 3.63) is 35.0 Å². The van der Waals surface area contributed by atoms with Gasteiger partial charge in [-0.15, -0.1) is 0 Å². The van der Waals surface area contributed by atoms with Crippen molar-refractivity contribution in [2.75, 3.05) is 24.9 Å². The molecule has 2 heterocycles. The van der Waals surface area contributed by atoms with E-state index in [2.05, 4.69) is 34.8 Å². The molecule has 0 bridgehead atoms. The van der Waals surface area contributed by atoms with Crippen LogP contribution in [0.1, 0.15) is 38.3 Å². The second-order valence-electron chi connectivity index (χ2n) is 7.64. The Morgan fingerprint density at radius 1 is 1.07 bits per heavy atom. The van der Waals surface area contributed by atoms with Crippen molar-refractivity contribution in [2.24, 2.45) is 5.41 Å². The van der Waals surface area contributed by atoms with Crippen LogP contribution in [0.4, 0.5) is 11.6 Å². The maximum absolute atomic E-state index is 13.1. The van der Waals surface area contributed by atoms with Crippen molar-refractivity contribution >= 4 is 17.4 Å². The third-order valence-corrected chi connectivity index (χ3v) is 4.95. The zero-order valence-electron chi connectivity index (χ0n) is 15.8. The van der Waals surface area contributed by atoms with Crippen molar-refractivity contribution in [1.29, 1.82) is 0 Å². The van der Waals surface area contributed by atoms with Crippen LogP contribution in [-0.4, -0.2) is 30.3 Å². The number of methoxy groups -OCH3 is 2. The van der Waals surface area contributed by atoms with Crippen molar-refractivity contribution < 1.29 is 18.9 Å². The van der Waals surface area contributed by atoms with Crippen LogP contribution in [-0.2, 0) is 4.79 Å². The molecule has 4 rings (SSSR count). The summed E-state index contributed by atoms with van der Waals surface area (Å²) in [7, 11) is 3.19. The number of fused-ring (bicyclic) bond motifs is 1. The molecule has 0 fully saturated rings. The predicted molar refractivity (Wildman–Crippen MR) is 98.9 cm³/mol. The molecule has 2 aromatic rings. The third-order valence-electron chi connectivity index (χ3n) is 4.95. The molecule has 27 heavy (non-hydrogen) atoms. The summed E-state index contributed by atoms with van der Waals surface area (Å²) in [6.07, 6.45) is 1.20. The van der Waals surface area contributed by atoms with Gasteiger partial charge in [-0.2, -0.15) is 0 Å². The van der Waals surface area contributed by atoms with E-state index in [1.807, 2.05) is 12.1 Å². The maximum atomic E-state index is 13.1. The first-order valence-electron chi connectivity index (χ1n) is 8.75. The van der Waals surface area contributed by atoms with Crippen LogP contribution in [0.5, 0.6) is 11.5 Å². The van der Waals surface area contributed by atoms with Crippen LogP contribution in [0.15, 0.2) is 34.1 Å². The number of carbonyl (C=O) groups is 1. The van der Waals surface area contributed by atoms with Crippen LogP contribution < -0.4 is 20.1 Å². The standard InChI is InChI=1S/C19H22N4O4/c1-19(2)8-13-15(14(24)9-19)16(21-18-17(20-13)22-27-23-18)10-5-11(25-3)7-12(6-10)26-4/h5-7,16H,8-9H2,1-4H3,(H,20,22)(H,21,23)/t16-/m0/s1. The Bertz CT molecular complexity index is 909. The molecule has 2 aliphatic rings. The smallest absolute Gasteiger partial charge is 0.219 e. The van der Waals surface area contributed by atoms with E-state index >= 15 is 0 Å². The molecule has 8 heteroatoms. The summed E-state index contributed by atoms with van der Waals surface area (Å²) in [5.41, 5.74) is 2.22. The second-order valence-corrected chi connectivity index (χ2v) is 7.64. The Morgan fingerprint density at radius 3 is 2.41 bits per heavy atom. The molecule has 1 aromatic carbocycles. The summed E-state index contributed by atoms with van der Waals surface area (Å²) in [5, 5.41) is 14.4. The fourth-order valence-corrected chi connectivity index (χ4v) is 3.74. The normalized spacial score (nSPS) is 20.7. The van der Waals surface area contributed by atoms with E-state index in [0.717, 1.165) is 17.7 Å². The largest absolute Gasteiger partial charge is 0.497 e. The van der Waals surface area contributed by atoms with Gasteiger partial charge in [-0.1, -0.05) is 13.8 Å². The minimum atomic E-state index is -0.423. The number of nitrogens with one attached hydrogen (secondary N) is 2. The lowest BCUT2D eigenvalue weighted by atomic mass is 9.73. The molecule has 1 aliphatic carbocycles. The Labute approximate surface area is 156 Å².